The summed E-state index contributed by atoms with van der Waals surface area (Å²) in [4.78, 5) is 20.5. The van der Waals surface area contributed by atoms with Crippen molar-refractivity contribution in [2.24, 2.45) is 4.99 Å². The minimum absolute atomic E-state index is 0. The van der Waals surface area contributed by atoms with E-state index in [1.54, 1.807) is 14.1 Å². The summed E-state index contributed by atoms with van der Waals surface area (Å²) in [5, 5.41) is 3.48. The van der Waals surface area contributed by atoms with Crippen molar-refractivity contribution in [1.29, 1.82) is 0 Å². The molecule has 1 aliphatic rings. The molecule has 1 aliphatic heterocycles. The van der Waals surface area contributed by atoms with Crippen LogP contribution in [0.5, 0.6) is 5.75 Å². The Balaban J connectivity index is 0.00000320. The van der Waals surface area contributed by atoms with Gasteiger partial charge in [-0.05, 0) is 49.1 Å². The molecule has 1 fully saturated rings. The largest absolute Gasteiger partial charge is 0.484 e. The second-order valence-electron chi connectivity index (χ2n) is 7.40. The van der Waals surface area contributed by atoms with Crippen molar-refractivity contribution in [1.82, 2.24) is 9.80 Å². The van der Waals surface area contributed by atoms with Gasteiger partial charge < -0.3 is 19.9 Å². The zero-order valence-electron chi connectivity index (χ0n) is 17.7. The zero-order valence-corrected chi connectivity index (χ0v) is 20.0. The van der Waals surface area contributed by atoms with E-state index >= 15 is 0 Å². The molecule has 0 aliphatic carbocycles. The number of piperidine rings is 1. The van der Waals surface area contributed by atoms with Crippen LogP contribution >= 0.6 is 24.0 Å². The van der Waals surface area contributed by atoms with Gasteiger partial charge in [-0.2, -0.15) is 0 Å². The smallest absolute Gasteiger partial charge is 0.259 e. The van der Waals surface area contributed by atoms with Gasteiger partial charge in [0, 0.05) is 32.9 Å². The highest BCUT2D eigenvalue weighted by molar-refractivity contribution is 14.0. The lowest BCUT2D eigenvalue weighted by molar-refractivity contribution is -0.130. The predicted octanol–water partition coefficient (Wildman–Crippen LogP) is 4.23. The SMILES string of the molecule is CN(C)C(=O)COc1cccc(CN=C(Nc2ccccc2)N2CCCCC2)c1.I. The molecule has 3 rings (SSSR count). The summed E-state index contributed by atoms with van der Waals surface area (Å²) in [5.41, 5.74) is 2.08. The highest BCUT2D eigenvalue weighted by atomic mass is 127. The van der Waals surface area contributed by atoms with Crippen LogP contribution in [-0.4, -0.2) is 55.5 Å². The number of rotatable bonds is 6. The number of guanidine groups is 1. The summed E-state index contributed by atoms with van der Waals surface area (Å²) in [5.74, 6) is 1.53. The minimum Gasteiger partial charge on any atom is -0.484 e. The number of nitrogens with zero attached hydrogens (tertiary/aromatic N) is 3. The Hall–Kier alpha value is -2.29. The van der Waals surface area contributed by atoms with E-state index in [-0.39, 0.29) is 36.5 Å². The van der Waals surface area contributed by atoms with Crippen molar-refractivity contribution in [2.75, 3.05) is 39.1 Å². The maximum Gasteiger partial charge on any atom is 0.259 e. The van der Waals surface area contributed by atoms with E-state index in [0.29, 0.717) is 12.3 Å². The van der Waals surface area contributed by atoms with Crippen LogP contribution in [0.4, 0.5) is 5.69 Å². The molecule has 0 unspecified atom stereocenters. The lowest BCUT2D eigenvalue weighted by atomic mass is 10.1. The predicted molar refractivity (Wildman–Crippen MR) is 133 cm³/mol. The van der Waals surface area contributed by atoms with E-state index in [2.05, 4.69) is 22.3 Å². The van der Waals surface area contributed by atoms with Gasteiger partial charge in [-0.3, -0.25) is 4.79 Å². The highest BCUT2D eigenvalue weighted by Crippen LogP contribution is 2.16. The number of likely N-dealkylation sites (N-methyl/N-ethyl adjacent to an activating group) is 1. The maximum absolute atomic E-state index is 11.7. The first kappa shape index (κ1) is 24.0. The molecule has 7 heteroatoms. The van der Waals surface area contributed by atoms with Gasteiger partial charge in [-0.15, -0.1) is 24.0 Å². The molecule has 1 saturated heterocycles. The quantitative estimate of drug-likeness (QED) is 0.351. The van der Waals surface area contributed by atoms with E-state index in [1.807, 2.05) is 42.5 Å². The number of hydrogen-bond donors (Lipinski definition) is 1. The van der Waals surface area contributed by atoms with Gasteiger partial charge in [0.15, 0.2) is 12.6 Å². The first-order chi connectivity index (χ1) is 14.1. The van der Waals surface area contributed by atoms with Gasteiger partial charge in [-0.1, -0.05) is 30.3 Å². The van der Waals surface area contributed by atoms with Crippen LogP contribution in [0.1, 0.15) is 24.8 Å². The summed E-state index contributed by atoms with van der Waals surface area (Å²) in [6.07, 6.45) is 3.66. The van der Waals surface area contributed by atoms with Gasteiger partial charge in [-0.25, -0.2) is 4.99 Å². The fourth-order valence-electron chi connectivity index (χ4n) is 3.15. The van der Waals surface area contributed by atoms with Crippen LogP contribution in [-0.2, 0) is 11.3 Å². The highest BCUT2D eigenvalue weighted by Gasteiger charge is 2.15. The fourth-order valence-corrected chi connectivity index (χ4v) is 3.15. The molecule has 2 aromatic rings. The zero-order chi connectivity index (χ0) is 20.5. The number of anilines is 1. The Morgan fingerprint density at radius 1 is 1.07 bits per heavy atom. The number of carbonyl (C=O) groups is 1. The van der Waals surface area contributed by atoms with Crippen LogP contribution in [0.25, 0.3) is 0 Å². The van der Waals surface area contributed by atoms with Gasteiger partial charge in [0.2, 0.25) is 0 Å². The molecule has 2 aromatic carbocycles. The third-order valence-electron chi connectivity index (χ3n) is 4.86. The summed E-state index contributed by atoms with van der Waals surface area (Å²) < 4.78 is 5.62. The van der Waals surface area contributed by atoms with Gasteiger partial charge in [0.25, 0.3) is 5.91 Å². The average Bonchev–Trinajstić information content (AvgIpc) is 2.76. The number of amides is 1. The Bertz CT molecular complexity index is 821. The molecular formula is C23H31IN4O2. The van der Waals surface area contributed by atoms with E-state index < -0.39 is 0 Å². The van der Waals surface area contributed by atoms with Crippen molar-refractivity contribution >= 4 is 41.5 Å². The van der Waals surface area contributed by atoms with Gasteiger partial charge >= 0.3 is 0 Å². The number of hydrogen-bond acceptors (Lipinski definition) is 3. The topological polar surface area (TPSA) is 57.2 Å². The molecule has 30 heavy (non-hydrogen) atoms. The Morgan fingerprint density at radius 3 is 2.50 bits per heavy atom. The first-order valence-corrected chi connectivity index (χ1v) is 10.2. The molecular weight excluding hydrogens is 491 g/mol. The molecule has 0 saturated carbocycles. The minimum atomic E-state index is -0.0622. The maximum atomic E-state index is 11.7. The van der Waals surface area contributed by atoms with E-state index in [9.17, 15) is 4.79 Å². The number of para-hydroxylation sites is 1. The number of likely N-dealkylation sites (tertiary alicyclic amines) is 1. The summed E-state index contributed by atoms with van der Waals surface area (Å²) >= 11 is 0. The van der Waals surface area contributed by atoms with Crippen LogP contribution in [0.15, 0.2) is 59.6 Å². The molecule has 6 nitrogen and oxygen atoms in total. The van der Waals surface area contributed by atoms with Crippen LogP contribution < -0.4 is 10.1 Å². The molecule has 1 N–H and O–H groups in total. The summed E-state index contributed by atoms with van der Waals surface area (Å²) in [6, 6.07) is 17.9. The standard InChI is InChI=1S/C23H30N4O2.HI/c1-26(2)22(28)18-29-21-13-9-10-19(16-21)17-24-23(27-14-7-4-8-15-27)25-20-11-5-3-6-12-20;/h3,5-6,9-13,16H,4,7-8,14-15,17-18H2,1-2H3,(H,24,25);1H. The Labute approximate surface area is 196 Å². The average molecular weight is 522 g/mol. The molecule has 1 heterocycles. The monoisotopic (exact) mass is 522 g/mol. The van der Waals surface area contributed by atoms with Crippen LogP contribution in [0.3, 0.4) is 0 Å². The molecule has 1 amide bonds. The van der Waals surface area contributed by atoms with Gasteiger partial charge in [0.05, 0.1) is 6.54 Å². The number of benzene rings is 2. The van der Waals surface area contributed by atoms with Crippen molar-refractivity contribution in [3.05, 3.63) is 60.2 Å². The molecule has 0 bridgehead atoms. The first-order valence-electron chi connectivity index (χ1n) is 10.2. The normalized spacial score (nSPS) is 13.9. The van der Waals surface area contributed by atoms with E-state index in [4.69, 9.17) is 9.73 Å². The molecule has 0 aromatic heterocycles. The van der Waals surface area contributed by atoms with Crippen LogP contribution in [0, 0.1) is 0 Å². The molecule has 0 radical (unpaired) electrons. The number of halogens is 1. The van der Waals surface area contributed by atoms with Crippen LogP contribution in [0.2, 0.25) is 0 Å². The number of nitrogens with one attached hydrogen (secondary N) is 1. The Morgan fingerprint density at radius 2 is 1.80 bits per heavy atom. The second-order valence-corrected chi connectivity index (χ2v) is 7.40. The van der Waals surface area contributed by atoms with Crippen molar-refractivity contribution in [2.45, 2.75) is 25.8 Å². The third-order valence-corrected chi connectivity index (χ3v) is 4.86. The fraction of sp³-hybridized carbons (Fsp3) is 0.391. The summed E-state index contributed by atoms with van der Waals surface area (Å²) in [7, 11) is 3.44. The van der Waals surface area contributed by atoms with Crippen molar-refractivity contribution in [3.63, 3.8) is 0 Å². The lowest BCUT2D eigenvalue weighted by Crippen LogP contribution is -2.40. The molecule has 0 atom stereocenters. The molecule has 162 valence electrons. The van der Waals surface area contributed by atoms with Crippen molar-refractivity contribution < 1.29 is 9.53 Å². The number of carbonyl (C=O) groups excluding carboxylic acids is 1. The Kier molecular flexibility index (Phi) is 9.93. The number of ether oxygens (including phenoxy) is 1. The van der Waals surface area contributed by atoms with Gasteiger partial charge in [0.1, 0.15) is 5.75 Å². The van der Waals surface area contributed by atoms with E-state index in [1.165, 1.54) is 24.2 Å². The van der Waals surface area contributed by atoms with E-state index in [0.717, 1.165) is 30.3 Å². The lowest BCUT2D eigenvalue weighted by Gasteiger charge is -2.30. The third kappa shape index (κ3) is 7.51. The second kappa shape index (κ2) is 12.4. The summed E-state index contributed by atoms with van der Waals surface area (Å²) in [6.45, 7) is 2.63. The number of aliphatic imine (C=N–C) groups is 1. The van der Waals surface area contributed by atoms with Crippen molar-refractivity contribution in [3.8, 4) is 5.75 Å². The molecule has 0 spiro atoms.